The first-order valence-corrected chi connectivity index (χ1v) is 12.0. The maximum Gasteiger partial charge on any atom is 0.224 e. The van der Waals surface area contributed by atoms with Crippen LogP contribution in [-0.4, -0.2) is 53.5 Å². The molecule has 5 rings (SSSR count). The fourth-order valence-corrected chi connectivity index (χ4v) is 5.08. The van der Waals surface area contributed by atoms with Crippen molar-refractivity contribution >= 4 is 39.0 Å². The van der Waals surface area contributed by atoms with E-state index in [1.165, 1.54) is 41.9 Å². The first-order chi connectivity index (χ1) is 16.6. The molecular formula is C25H23F2N5OS. The lowest BCUT2D eigenvalue weighted by atomic mass is 10.1. The van der Waals surface area contributed by atoms with E-state index in [-0.39, 0.29) is 17.5 Å². The number of anilines is 2. The highest BCUT2D eigenvalue weighted by Crippen LogP contribution is 2.36. The van der Waals surface area contributed by atoms with Crippen molar-refractivity contribution < 1.29 is 13.6 Å². The molecular weight excluding hydrogens is 456 g/mol. The van der Waals surface area contributed by atoms with Crippen LogP contribution in [0.4, 0.5) is 20.3 Å². The number of rotatable bonds is 6. The molecule has 0 atom stereocenters. The number of nitrogens with one attached hydrogen (secondary N) is 1. The summed E-state index contributed by atoms with van der Waals surface area (Å²) in [7, 11) is 0. The van der Waals surface area contributed by atoms with E-state index in [1.807, 2.05) is 10.3 Å². The first kappa shape index (κ1) is 22.2. The fourth-order valence-electron chi connectivity index (χ4n) is 4.16. The minimum absolute atomic E-state index is 0.0839. The minimum Gasteiger partial charge on any atom is -0.369 e. The molecule has 2 aromatic carbocycles. The highest BCUT2D eigenvalue weighted by atomic mass is 32.1. The monoisotopic (exact) mass is 479 g/mol. The van der Waals surface area contributed by atoms with Crippen LogP contribution in [-0.2, 0) is 4.79 Å². The zero-order valence-corrected chi connectivity index (χ0v) is 19.2. The number of thiophene rings is 1. The molecule has 0 spiro atoms. The van der Waals surface area contributed by atoms with Gasteiger partial charge < -0.3 is 15.1 Å². The molecule has 6 nitrogen and oxygen atoms in total. The third-order valence-corrected chi connectivity index (χ3v) is 6.87. The van der Waals surface area contributed by atoms with Crippen molar-refractivity contribution in [2.75, 3.05) is 42.9 Å². The Hall–Kier alpha value is -3.59. The van der Waals surface area contributed by atoms with Gasteiger partial charge in [-0.2, -0.15) is 0 Å². The predicted molar refractivity (Wildman–Crippen MR) is 131 cm³/mol. The number of halogens is 2. The van der Waals surface area contributed by atoms with E-state index in [9.17, 15) is 13.6 Å². The van der Waals surface area contributed by atoms with Crippen molar-refractivity contribution in [3.63, 3.8) is 0 Å². The number of benzene rings is 2. The van der Waals surface area contributed by atoms with Crippen LogP contribution < -0.4 is 10.2 Å². The smallest absolute Gasteiger partial charge is 0.224 e. The average molecular weight is 480 g/mol. The van der Waals surface area contributed by atoms with E-state index in [4.69, 9.17) is 0 Å². The minimum atomic E-state index is -0.283. The zero-order valence-electron chi connectivity index (χ0n) is 18.4. The van der Waals surface area contributed by atoms with E-state index < -0.39 is 0 Å². The van der Waals surface area contributed by atoms with Crippen molar-refractivity contribution in [2.45, 2.75) is 6.42 Å². The van der Waals surface area contributed by atoms with Crippen LogP contribution in [0.3, 0.4) is 0 Å². The summed E-state index contributed by atoms with van der Waals surface area (Å²) in [6.07, 6.45) is 1.85. The summed E-state index contributed by atoms with van der Waals surface area (Å²) in [5.41, 5.74) is 2.79. The predicted octanol–water partition coefficient (Wildman–Crippen LogP) is 4.79. The molecule has 1 amide bonds. The molecule has 0 bridgehead atoms. The van der Waals surface area contributed by atoms with Crippen LogP contribution in [0.15, 0.2) is 60.2 Å². The fraction of sp³-hybridized carbons (Fsp3) is 0.240. The molecule has 1 fully saturated rings. The largest absolute Gasteiger partial charge is 0.369 e. The van der Waals surface area contributed by atoms with Crippen molar-refractivity contribution in [1.82, 2.24) is 14.9 Å². The van der Waals surface area contributed by atoms with Gasteiger partial charge in [0, 0.05) is 55.8 Å². The van der Waals surface area contributed by atoms with Gasteiger partial charge in [0.15, 0.2) is 0 Å². The van der Waals surface area contributed by atoms with Crippen LogP contribution in [0.5, 0.6) is 0 Å². The van der Waals surface area contributed by atoms with Crippen molar-refractivity contribution in [2.24, 2.45) is 0 Å². The number of hydrogen-bond donors (Lipinski definition) is 1. The average Bonchev–Trinajstić information content (AvgIpc) is 3.30. The molecule has 1 aliphatic rings. The van der Waals surface area contributed by atoms with Gasteiger partial charge in [-0.3, -0.25) is 4.79 Å². The maximum atomic E-state index is 13.4. The van der Waals surface area contributed by atoms with E-state index in [2.05, 4.69) is 20.2 Å². The lowest BCUT2D eigenvalue weighted by Crippen LogP contribution is -2.49. The normalized spacial score (nSPS) is 13.9. The van der Waals surface area contributed by atoms with Gasteiger partial charge in [-0.1, -0.05) is 12.1 Å². The third kappa shape index (κ3) is 4.70. The second-order valence-corrected chi connectivity index (χ2v) is 8.94. The standard InChI is InChI=1S/C25H23F2N5OS/c26-18-3-1-17(2-4-18)21-15-34-25-23(21)24(29-16-30-25)28-10-9-22(33)32-13-11-31(12-14-32)20-7-5-19(27)6-8-20/h1-8,15-16H,9-14H2,(H,28,29,30). The Morgan fingerprint density at radius 2 is 1.62 bits per heavy atom. The summed E-state index contributed by atoms with van der Waals surface area (Å²) in [4.78, 5) is 26.4. The van der Waals surface area contributed by atoms with Crippen LogP contribution in [0, 0.1) is 11.6 Å². The number of piperazine rings is 1. The number of carbonyl (C=O) groups is 1. The number of hydrogen-bond acceptors (Lipinski definition) is 6. The summed E-state index contributed by atoms with van der Waals surface area (Å²) in [6.45, 7) is 3.14. The number of carbonyl (C=O) groups excluding carboxylic acids is 1. The summed E-state index contributed by atoms with van der Waals surface area (Å²) in [5.74, 6) is 0.216. The van der Waals surface area contributed by atoms with Crippen LogP contribution in [0.25, 0.3) is 21.3 Å². The van der Waals surface area contributed by atoms with Gasteiger partial charge >= 0.3 is 0 Å². The Bertz CT molecular complexity index is 1290. The molecule has 1 saturated heterocycles. The molecule has 1 aliphatic heterocycles. The van der Waals surface area contributed by atoms with Gasteiger partial charge in [-0.25, -0.2) is 18.7 Å². The molecule has 34 heavy (non-hydrogen) atoms. The molecule has 0 unspecified atom stereocenters. The maximum absolute atomic E-state index is 13.4. The number of aromatic nitrogens is 2. The molecule has 1 N–H and O–H groups in total. The van der Waals surface area contributed by atoms with Gasteiger partial charge in [0.05, 0.1) is 5.39 Å². The quantitative estimate of drug-likeness (QED) is 0.431. The molecule has 174 valence electrons. The molecule has 0 radical (unpaired) electrons. The number of amides is 1. The van der Waals surface area contributed by atoms with E-state index in [0.29, 0.717) is 45.0 Å². The summed E-state index contributed by atoms with van der Waals surface area (Å²) >= 11 is 1.50. The van der Waals surface area contributed by atoms with Gasteiger partial charge in [0.1, 0.15) is 28.6 Å². The summed E-state index contributed by atoms with van der Waals surface area (Å²) in [6, 6.07) is 12.8. The molecule has 0 saturated carbocycles. The van der Waals surface area contributed by atoms with Gasteiger partial charge in [0.2, 0.25) is 5.91 Å². The topological polar surface area (TPSA) is 61.4 Å². The summed E-state index contributed by atoms with van der Waals surface area (Å²) < 4.78 is 26.5. The molecule has 3 heterocycles. The van der Waals surface area contributed by atoms with Crippen LogP contribution in [0.2, 0.25) is 0 Å². The van der Waals surface area contributed by atoms with E-state index >= 15 is 0 Å². The van der Waals surface area contributed by atoms with Crippen LogP contribution in [0.1, 0.15) is 6.42 Å². The lowest BCUT2D eigenvalue weighted by molar-refractivity contribution is -0.131. The lowest BCUT2D eigenvalue weighted by Gasteiger charge is -2.36. The Morgan fingerprint density at radius 3 is 2.32 bits per heavy atom. The zero-order chi connectivity index (χ0) is 23.5. The third-order valence-electron chi connectivity index (χ3n) is 5.98. The first-order valence-electron chi connectivity index (χ1n) is 11.1. The van der Waals surface area contributed by atoms with E-state index in [1.54, 1.807) is 24.3 Å². The Kier molecular flexibility index (Phi) is 6.35. The van der Waals surface area contributed by atoms with Gasteiger partial charge in [-0.05, 0) is 42.0 Å². The Labute approximate surface area is 199 Å². The molecule has 2 aromatic heterocycles. The SMILES string of the molecule is O=C(CCNc1ncnc2scc(-c3ccc(F)cc3)c12)N1CCN(c2ccc(F)cc2)CC1. The molecule has 9 heteroatoms. The van der Waals surface area contributed by atoms with Crippen molar-refractivity contribution in [1.29, 1.82) is 0 Å². The molecule has 4 aromatic rings. The van der Waals surface area contributed by atoms with Crippen LogP contribution >= 0.6 is 11.3 Å². The Balaban J connectivity index is 1.19. The highest BCUT2D eigenvalue weighted by molar-refractivity contribution is 7.17. The second-order valence-electron chi connectivity index (χ2n) is 8.08. The second kappa shape index (κ2) is 9.72. The van der Waals surface area contributed by atoms with Crippen molar-refractivity contribution in [3.05, 3.63) is 71.9 Å². The van der Waals surface area contributed by atoms with Gasteiger partial charge in [-0.15, -0.1) is 11.3 Å². The molecule has 0 aliphatic carbocycles. The van der Waals surface area contributed by atoms with Crippen molar-refractivity contribution in [3.8, 4) is 11.1 Å². The highest BCUT2D eigenvalue weighted by Gasteiger charge is 2.21. The van der Waals surface area contributed by atoms with Gasteiger partial charge in [0.25, 0.3) is 0 Å². The Morgan fingerprint density at radius 1 is 0.941 bits per heavy atom. The number of nitrogens with zero attached hydrogens (tertiary/aromatic N) is 4. The summed E-state index contributed by atoms with van der Waals surface area (Å²) in [5, 5.41) is 6.16. The number of fused-ring (bicyclic) bond motifs is 1. The van der Waals surface area contributed by atoms with E-state index in [0.717, 1.165) is 27.0 Å².